The quantitative estimate of drug-likeness (QED) is 0.867. The number of carbonyl (C=O) groups excluding carboxylic acids is 1. The Kier molecular flexibility index (Phi) is 3.96. The van der Waals surface area contributed by atoms with Crippen molar-refractivity contribution < 1.29 is 4.79 Å². The monoisotopic (exact) mass is 242 g/mol. The summed E-state index contributed by atoms with van der Waals surface area (Å²) in [7, 11) is 0. The van der Waals surface area contributed by atoms with E-state index >= 15 is 0 Å². The average Bonchev–Trinajstić information content (AvgIpc) is 2.40. The Hall–Kier alpha value is -2.30. The lowest BCUT2D eigenvalue weighted by Gasteiger charge is -2.04. The molecule has 0 unspecified atom stereocenters. The van der Waals surface area contributed by atoms with Crippen LogP contribution in [0, 0.1) is 0 Å². The number of Topliss-reactive ketones (excluding diaryl/α,β-unsaturated/α-hetero) is 1. The summed E-state index contributed by atoms with van der Waals surface area (Å²) in [5, 5.41) is 3.00. The van der Waals surface area contributed by atoms with Gasteiger partial charge >= 0.3 is 0 Å². The molecule has 5 nitrogen and oxygen atoms in total. The Balaban J connectivity index is 2.00. The molecule has 0 fully saturated rings. The van der Waals surface area contributed by atoms with Gasteiger partial charge in [-0.1, -0.05) is 0 Å². The molecule has 2 aromatic rings. The van der Waals surface area contributed by atoms with Gasteiger partial charge in [-0.15, -0.1) is 0 Å². The van der Waals surface area contributed by atoms with E-state index in [9.17, 15) is 4.79 Å². The van der Waals surface area contributed by atoms with Crippen LogP contribution in [0.2, 0.25) is 0 Å². The summed E-state index contributed by atoms with van der Waals surface area (Å²) in [5.41, 5.74) is 1.97. The summed E-state index contributed by atoms with van der Waals surface area (Å²) in [6, 6.07) is 3.81. The predicted octanol–water partition coefficient (Wildman–Crippen LogP) is 1.93. The van der Waals surface area contributed by atoms with Crippen molar-refractivity contribution in [2.45, 2.75) is 13.3 Å². The first-order valence-electron chi connectivity index (χ1n) is 5.71. The fourth-order valence-electron chi connectivity index (χ4n) is 1.46. The van der Waals surface area contributed by atoms with E-state index in [1.807, 2.05) is 12.1 Å². The Morgan fingerprint density at radius 2 is 1.83 bits per heavy atom. The van der Waals surface area contributed by atoms with Crippen molar-refractivity contribution in [3.8, 4) is 11.1 Å². The van der Waals surface area contributed by atoms with Gasteiger partial charge in [-0.05, 0) is 24.6 Å². The molecule has 0 aliphatic heterocycles. The lowest BCUT2D eigenvalue weighted by atomic mass is 10.1. The number of hydrogen-bond donors (Lipinski definition) is 1. The van der Waals surface area contributed by atoms with E-state index in [4.69, 9.17) is 0 Å². The molecule has 0 saturated heterocycles. The van der Waals surface area contributed by atoms with E-state index in [0.717, 1.165) is 11.1 Å². The molecular weight excluding hydrogens is 228 g/mol. The molecule has 0 atom stereocenters. The number of anilines is 1. The minimum absolute atomic E-state index is 0.149. The molecule has 0 saturated carbocycles. The highest BCUT2D eigenvalue weighted by molar-refractivity contribution is 5.75. The zero-order valence-corrected chi connectivity index (χ0v) is 10.1. The number of nitrogens with one attached hydrogen (secondary N) is 1. The Labute approximate surface area is 105 Å². The van der Waals surface area contributed by atoms with Crippen molar-refractivity contribution in [2.24, 2.45) is 0 Å². The van der Waals surface area contributed by atoms with Gasteiger partial charge in [-0.25, -0.2) is 9.97 Å². The van der Waals surface area contributed by atoms with Crippen LogP contribution in [0.25, 0.3) is 11.1 Å². The van der Waals surface area contributed by atoms with Gasteiger partial charge in [0, 0.05) is 43.3 Å². The van der Waals surface area contributed by atoms with Crippen molar-refractivity contribution in [1.29, 1.82) is 0 Å². The predicted molar refractivity (Wildman–Crippen MR) is 69.1 cm³/mol. The number of hydrogen-bond acceptors (Lipinski definition) is 5. The van der Waals surface area contributed by atoms with Crippen LogP contribution in [0.5, 0.6) is 0 Å². The minimum Gasteiger partial charge on any atom is -0.354 e. The van der Waals surface area contributed by atoms with Crippen LogP contribution >= 0.6 is 0 Å². The minimum atomic E-state index is 0.149. The number of carbonyl (C=O) groups is 1. The first-order chi connectivity index (χ1) is 8.75. The van der Waals surface area contributed by atoms with Crippen LogP contribution in [0.3, 0.4) is 0 Å². The molecular formula is C13H14N4O. The summed E-state index contributed by atoms with van der Waals surface area (Å²) < 4.78 is 0. The molecule has 0 amide bonds. The highest BCUT2D eigenvalue weighted by Gasteiger charge is 2.00. The van der Waals surface area contributed by atoms with E-state index in [-0.39, 0.29) is 5.78 Å². The molecule has 5 heteroatoms. The van der Waals surface area contributed by atoms with Gasteiger partial charge in [0.25, 0.3) is 0 Å². The fraction of sp³-hybridized carbons (Fsp3) is 0.231. The second kappa shape index (κ2) is 5.86. The van der Waals surface area contributed by atoms with Crippen LogP contribution in [0.15, 0.2) is 36.9 Å². The second-order valence-electron chi connectivity index (χ2n) is 3.91. The van der Waals surface area contributed by atoms with E-state index in [1.54, 1.807) is 31.7 Å². The lowest BCUT2D eigenvalue weighted by Crippen LogP contribution is -2.08. The molecule has 18 heavy (non-hydrogen) atoms. The molecule has 92 valence electrons. The summed E-state index contributed by atoms with van der Waals surface area (Å²) >= 11 is 0. The number of nitrogens with zero attached hydrogens (tertiary/aromatic N) is 3. The van der Waals surface area contributed by atoms with Gasteiger partial charge in [0.2, 0.25) is 5.95 Å². The highest BCUT2D eigenvalue weighted by atomic mass is 16.1. The first-order valence-corrected chi connectivity index (χ1v) is 5.71. The molecule has 2 heterocycles. The maximum absolute atomic E-state index is 10.8. The molecule has 2 aromatic heterocycles. The van der Waals surface area contributed by atoms with Crippen molar-refractivity contribution in [2.75, 3.05) is 11.9 Å². The molecule has 0 spiro atoms. The van der Waals surface area contributed by atoms with E-state index in [0.29, 0.717) is 18.9 Å². The van der Waals surface area contributed by atoms with Crippen LogP contribution in [-0.2, 0) is 4.79 Å². The van der Waals surface area contributed by atoms with Crippen molar-refractivity contribution in [1.82, 2.24) is 15.0 Å². The maximum Gasteiger partial charge on any atom is 0.222 e. The molecule has 1 N–H and O–H groups in total. The molecule has 0 aliphatic rings. The lowest BCUT2D eigenvalue weighted by molar-refractivity contribution is -0.116. The standard InChI is InChI=1S/C13H14N4O/c1-10(18)2-7-15-13-16-8-12(9-17-13)11-3-5-14-6-4-11/h3-6,8-9H,2,7H2,1H3,(H,15,16,17). The molecule has 0 radical (unpaired) electrons. The van der Waals surface area contributed by atoms with Crippen LogP contribution in [-0.4, -0.2) is 27.3 Å². The molecule has 0 aromatic carbocycles. The fourth-order valence-corrected chi connectivity index (χ4v) is 1.46. The van der Waals surface area contributed by atoms with Crippen molar-refractivity contribution in [3.63, 3.8) is 0 Å². The molecule has 0 bridgehead atoms. The third-order valence-electron chi connectivity index (χ3n) is 2.43. The Bertz CT molecular complexity index is 510. The number of rotatable bonds is 5. The topological polar surface area (TPSA) is 67.8 Å². The summed E-state index contributed by atoms with van der Waals surface area (Å²) in [5.74, 6) is 0.685. The van der Waals surface area contributed by atoms with Crippen LogP contribution < -0.4 is 5.32 Å². The second-order valence-corrected chi connectivity index (χ2v) is 3.91. The maximum atomic E-state index is 10.8. The SMILES string of the molecule is CC(=O)CCNc1ncc(-c2ccncc2)cn1. The van der Waals surface area contributed by atoms with Crippen molar-refractivity contribution in [3.05, 3.63) is 36.9 Å². The highest BCUT2D eigenvalue weighted by Crippen LogP contribution is 2.16. The van der Waals surface area contributed by atoms with E-state index in [2.05, 4.69) is 20.3 Å². The smallest absolute Gasteiger partial charge is 0.222 e. The van der Waals surface area contributed by atoms with Gasteiger partial charge < -0.3 is 5.32 Å². The largest absolute Gasteiger partial charge is 0.354 e. The van der Waals surface area contributed by atoms with Crippen LogP contribution in [0.4, 0.5) is 5.95 Å². The van der Waals surface area contributed by atoms with Gasteiger partial charge in [-0.3, -0.25) is 9.78 Å². The molecule has 2 rings (SSSR count). The summed E-state index contributed by atoms with van der Waals surface area (Å²) in [6.45, 7) is 2.12. The summed E-state index contributed by atoms with van der Waals surface area (Å²) in [4.78, 5) is 23.1. The molecule has 0 aliphatic carbocycles. The third kappa shape index (κ3) is 3.35. The number of pyridine rings is 1. The van der Waals surface area contributed by atoms with E-state index < -0.39 is 0 Å². The van der Waals surface area contributed by atoms with Gasteiger partial charge in [0.15, 0.2) is 0 Å². The number of ketones is 1. The Morgan fingerprint density at radius 1 is 1.17 bits per heavy atom. The van der Waals surface area contributed by atoms with Gasteiger partial charge in [0.1, 0.15) is 5.78 Å². The zero-order chi connectivity index (χ0) is 12.8. The third-order valence-corrected chi connectivity index (χ3v) is 2.43. The number of aromatic nitrogens is 3. The van der Waals surface area contributed by atoms with Gasteiger partial charge in [-0.2, -0.15) is 0 Å². The average molecular weight is 242 g/mol. The van der Waals surface area contributed by atoms with Gasteiger partial charge in [0.05, 0.1) is 0 Å². The van der Waals surface area contributed by atoms with E-state index in [1.165, 1.54) is 0 Å². The Morgan fingerprint density at radius 3 is 2.44 bits per heavy atom. The normalized spacial score (nSPS) is 10.1. The first kappa shape index (κ1) is 12.2. The zero-order valence-electron chi connectivity index (χ0n) is 10.1. The van der Waals surface area contributed by atoms with Crippen molar-refractivity contribution >= 4 is 11.7 Å². The summed E-state index contributed by atoms with van der Waals surface area (Å²) in [6.07, 6.45) is 7.44. The van der Waals surface area contributed by atoms with Crippen LogP contribution in [0.1, 0.15) is 13.3 Å².